The van der Waals surface area contributed by atoms with Gasteiger partial charge in [-0.25, -0.2) is 4.98 Å². The van der Waals surface area contributed by atoms with E-state index in [0.29, 0.717) is 42.2 Å². The topological polar surface area (TPSA) is 92.2 Å². The second kappa shape index (κ2) is 8.44. The van der Waals surface area contributed by atoms with Gasteiger partial charge in [-0.3, -0.25) is 9.69 Å². The average Bonchev–Trinajstić information content (AvgIpc) is 2.74. The largest absolute Gasteiger partial charge is 0.494 e. The lowest BCUT2D eigenvalue weighted by molar-refractivity contribution is -0.118. The number of ketones is 1. The number of nitrogens with zero attached hydrogens (tertiary/aromatic N) is 3. The summed E-state index contributed by atoms with van der Waals surface area (Å²) >= 11 is 3.41. The Morgan fingerprint density at radius 2 is 1.97 bits per heavy atom. The molecule has 0 bridgehead atoms. The van der Waals surface area contributed by atoms with E-state index >= 15 is 0 Å². The summed E-state index contributed by atoms with van der Waals surface area (Å²) in [4.78, 5) is 19.8. The third kappa shape index (κ3) is 3.91. The highest BCUT2D eigenvalue weighted by Crippen LogP contribution is 2.50. The molecule has 4 rings (SSSR count). The summed E-state index contributed by atoms with van der Waals surface area (Å²) in [6.45, 7) is 6.65. The molecule has 1 atom stereocenters. The molecule has 0 amide bonds. The smallest absolute Gasteiger partial charge is 0.162 e. The van der Waals surface area contributed by atoms with E-state index in [0.717, 1.165) is 21.5 Å². The molecular weight excluding hydrogens is 468 g/mol. The fraction of sp³-hybridized carbons (Fsp3) is 0.320. The van der Waals surface area contributed by atoms with Gasteiger partial charge in [-0.05, 0) is 64.5 Å². The van der Waals surface area contributed by atoms with Gasteiger partial charge >= 0.3 is 0 Å². The molecule has 0 unspecified atom stereocenters. The van der Waals surface area contributed by atoms with Crippen molar-refractivity contribution in [3.8, 4) is 11.8 Å². The molecule has 7 heteroatoms. The van der Waals surface area contributed by atoms with Crippen molar-refractivity contribution in [2.75, 3.05) is 11.5 Å². The van der Waals surface area contributed by atoms with Crippen LogP contribution in [0.2, 0.25) is 0 Å². The Morgan fingerprint density at radius 1 is 1.25 bits per heavy atom. The number of pyridine rings is 1. The monoisotopic (exact) mass is 492 g/mol. The van der Waals surface area contributed by atoms with Crippen LogP contribution in [0.15, 0.2) is 69.7 Å². The van der Waals surface area contributed by atoms with Gasteiger partial charge in [-0.15, -0.1) is 0 Å². The van der Waals surface area contributed by atoms with Crippen molar-refractivity contribution < 1.29 is 9.53 Å². The van der Waals surface area contributed by atoms with E-state index in [1.54, 1.807) is 11.1 Å². The van der Waals surface area contributed by atoms with E-state index in [1.807, 2.05) is 43.3 Å². The highest BCUT2D eigenvalue weighted by molar-refractivity contribution is 9.10. The zero-order chi connectivity index (χ0) is 23.0. The maximum absolute atomic E-state index is 13.5. The first-order chi connectivity index (χ1) is 15.3. The molecule has 1 aromatic carbocycles. The second-order valence-electron chi connectivity index (χ2n) is 8.82. The number of halogens is 1. The summed E-state index contributed by atoms with van der Waals surface area (Å²) in [5.74, 6) is 1.17. The highest BCUT2D eigenvalue weighted by Gasteiger charge is 2.44. The molecule has 0 radical (unpaired) electrons. The van der Waals surface area contributed by atoms with Crippen LogP contribution in [0, 0.1) is 16.7 Å². The Bertz CT molecular complexity index is 1160. The van der Waals surface area contributed by atoms with Gasteiger partial charge in [0, 0.05) is 28.4 Å². The van der Waals surface area contributed by atoms with Crippen LogP contribution in [0.4, 0.5) is 5.82 Å². The van der Waals surface area contributed by atoms with Crippen LogP contribution >= 0.6 is 15.9 Å². The molecule has 6 nitrogen and oxygen atoms in total. The first-order valence-corrected chi connectivity index (χ1v) is 11.4. The van der Waals surface area contributed by atoms with E-state index in [9.17, 15) is 10.1 Å². The van der Waals surface area contributed by atoms with Crippen LogP contribution in [-0.2, 0) is 4.79 Å². The Balaban J connectivity index is 1.93. The van der Waals surface area contributed by atoms with Crippen LogP contribution in [0.5, 0.6) is 5.75 Å². The first-order valence-electron chi connectivity index (χ1n) is 10.6. The zero-order valence-corrected chi connectivity index (χ0v) is 19.9. The molecule has 1 aromatic heterocycles. The molecule has 0 spiro atoms. The van der Waals surface area contributed by atoms with Crippen LogP contribution in [0.1, 0.15) is 45.1 Å². The molecular formula is C25H25BrN4O2. The quantitative estimate of drug-likeness (QED) is 0.631. The normalized spacial score (nSPS) is 20.2. The Labute approximate surface area is 196 Å². The van der Waals surface area contributed by atoms with Gasteiger partial charge < -0.3 is 10.5 Å². The molecule has 0 saturated heterocycles. The molecule has 2 heterocycles. The molecule has 0 saturated carbocycles. The van der Waals surface area contributed by atoms with E-state index < -0.39 is 5.92 Å². The summed E-state index contributed by atoms with van der Waals surface area (Å²) in [7, 11) is 0. The molecule has 1 aliphatic heterocycles. The lowest BCUT2D eigenvalue weighted by Gasteiger charge is -2.43. The van der Waals surface area contributed by atoms with Crippen molar-refractivity contribution >= 4 is 27.5 Å². The fourth-order valence-electron chi connectivity index (χ4n) is 4.53. The van der Waals surface area contributed by atoms with Gasteiger partial charge in [0.2, 0.25) is 0 Å². The third-order valence-electron chi connectivity index (χ3n) is 5.85. The number of carbonyl (C=O) groups excluding carboxylic acids is 1. The summed E-state index contributed by atoms with van der Waals surface area (Å²) in [6.07, 6.45) is 2.75. The number of anilines is 1. The van der Waals surface area contributed by atoms with Crippen LogP contribution < -0.4 is 15.4 Å². The maximum Gasteiger partial charge on any atom is 0.162 e. The second-order valence-corrected chi connectivity index (χ2v) is 9.73. The highest BCUT2D eigenvalue weighted by atomic mass is 79.9. The summed E-state index contributed by atoms with van der Waals surface area (Å²) < 4.78 is 6.40. The number of nitrogens with two attached hydrogens (primary N) is 1. The van der Waals surface area contributed by atoms with Gasteiger partial charge in [0.15, 0.2) is 5.78 Å². The standard InChI is InChI=1S/C25H25BrN4O2/c1-4-32-17-8-5-15(6-9-17)22-18(13-27)24(28)30(21-10-7-16(26)14-29-21)19-11-25(2,3)12-20(31)23(19)22/h5-10,14,22H,4,11-12,28H2,1-3H3/t22-/m1/s1. The van der Waals surface area contributed by atoms with Crippen molar-refractivity contribution in [3.05, 3.63) is 75.3 Å². The van der Waals surface area contributed by atoms with Gasteiger partial charge in [-0.1, -0.05) is 26.0 Å². The number of hydrogen-bond donors (Lipinski definition) is 1. The minimum Gasteiger partial charge on any atom is -0.494 e. The Kier molecular flexibility index (Phi) is 5.83. The average molecular weight is 493 g/mol. The van der Waals surface area contributed by atoms with E-state index in [4.69, 9.17) is 10.5 Å². The third-order valence-corrected chi connectivity index (χ3v) is 6.32. The van der Waals surface area contributed by atoms with Gasteiger partial charge in [0.25, 0.3) is 0 Å². The summed E-state index contributed by atoms with van der Waals surface area (Å²) in [5, 5.41) is 10.1. The fourth-order valence-corrected chi connectivity index (χ4v) is 4.76. The first kappa shape index (κ1) is 22.1. The molecule has 2 N–H and O–H groups in total. The number of aromatic nitrogens is 1. The number of allylic oxidation sites excluding steroid dienone is 3. The number of Topliss-reactive ketones (excluding diaryl/α,β-unsaturated/α-hetero) is 1. The number of nitriles is 1. The van der Waals surface area contributed by atoms with Gasteiger partial charge in [0.05, 0.1) is 24.2 Å². The van der Waals surface area contributed by atoms with Gasteiger partial charge in [-0.2, -0.15) is 5.26 Å². The van der Waals surface area contributed by atoms with Crippen molar-refractivity contribution in [1.29, 1.82) is 5.26 Å². The van der Waals surface area contributed by atoms with Crippen molar-refractivity contribution in [2.45, 2.75) is 39.5 Å². The SMILES string of the molecule is CCOc1ccc([C@@H]2C(C#N)=C(N)N(c3ccc(Br)cn3)C3=C2C(=O)CC(C)(C)C3)cc1. The lowest BCUT2D eigenvalue weighted by atomic mass is 9.68. The Morgan fingerprint density at radius 3 is 2.56 bits per heavy atom. The van der Waals surface area contributed by atoms with Crippen molar-refractivity contribution in [3.63, 3.8) is 0 Å². The number of hydrogen-bond acceptors (Lipinski definition) is 6. The molecule has 1 aliphatic carbocycles. The molecule has 2 aliphatic rings. The molecule has 0 fully saturated rings. The number of carbonyl (C=O) groups is 1. The van der Waals surface area contributed by atoms with Crippen molar-refractivity contribution in [1.82, 2.24) is 4.98 Å². The minimum absolute atomic E-state index is 0.0393. The zero-order valence-electron chi connectivity index (χ0n) is 18.4. The van der Waals surface area contributed by atoms with Gasteiger partial charge in [0.1, 0.15) is 17.4 Å². The maximum atomic E-state index is 13.5. The van der Waals surface area contributed by atoms with E-state index in [1.165, 1.54) is 0 Å². The predicted molar refractivity (Wildman–Crippen MR) is 127 cm³/mol. The van der Waals surface area contributed by atoms with E-state index in [-0.39, 0.29) is 11.2 Å². The van der Waals surface area contributed by atoms with Crippen molar-refractivity contribution in [2.24, 2.45) is 11.1 Å². The van der Waals surface area contributed by atoms with Crippen LogP contribution in [0.3, 0.4) is 0 Å². The van der Waals surface area contributed by atoms with Crippen LogP contribution in [0.25, 0.3) is 0 Å². The minimum atomic E-state index is -0.513. The number of rotatable bonds is 4. The molecule has 164 valence electrons. The Hall–Kier alpha value is -3.11. The lowest BCUT2D eigenvalue weighted by Crippen LogP contribution is -2.42. The summed E-state index contributed by atoms with van der Waals surface area (Å²) in [6, 6.07) is 13.5. The number of benzene rings is 1. The van der Waals surface area contributed by atoms with E-state index in [2.05, 4.69) is 40.8 Å². The van der Waals surface area contributed by atoms with Crippen LogP contribution in [-0.4, -0.2) is 17.4 Å². The number of ether oxygens (including phenoxy) is 1. The molecule has 32 heavy (non-hydrogen) atoms. The predicted octanol–water partition coefficient (Wildman–Crippen LogP) is 5.18. The summed E-state index contributed by atoms with van der Waals surface area (Å²) in [5.41, 5.74) is 9.03. The molecule has 2 aromatic rings.